The molecule has 0 atom stereocenters. The van der Waals surface area contributed by atoms with Crippen molar-refractivity contribution in [3.8, 4) is 17.1 Å². The Kier molecular flexibility index (Phi) is 5.30. The molecule has 0 saturated carbocycles. The number of nitrogens with zero attached hydrogens (tertiary/aromatic N) is 6. The number of anilines is 2. The fourth-order valence-electron chi connectivity index (χ4n) is 2.81. The van der Waals surface area contributed by atoms with Crippen LogP contribution in [0.25, 0.3) is 11.4 Å². The zero-order chi connectivity index (χ0) is 20.2. The zero-order valence-corrected chi connectivity index (χ0v) is 16.7. The van der Waals surface area contributed by atoms with Crippen LogP contribution in [0.5, 0.6) is 5.75 Å². The summed E-state index contributed by atoms with van der Waals surface area (Å²) < 4.78 is 5.24. The molecule has 0 aliphatic heterocycles. The molecule has 2 aromatic carbocycles. The lowest BCUT2D eigenvalue weighted by Crippen LogP contribution is -2.22. The summed E-state index contributed by atoms with van der Waals surface area (Å²) in [6.45, 7) is 1.88. The van der Waals surface area contributed by atoms with Crippen LogP contribution in [0, 0.1) is 0 Å². The summed E-state index contributed by atoms with van der Waals surface area (Å²) in [5.74, 6) is 1.14. The van der Waals surface area contributed by atoms with Gasteiger partial charge in [-0.15, -0.1) is 21.5 Å². The van der Waals surface area contributed by atoms with Crippen LogP contribution in [0.2, 0.25) is 0 Å². The van der Waals surface area contributed by atoms with Gasteiger partial charge in [-0.1, -0.05) is 30.3 Å². The third-order valence-corrected chi connectivity index (χ3v) is 5.02. The van der Waals surface area contributed by atoms with E-state index in [2.05, 4.69) is 20.4 Å². The maximum absolute atomic E-state index is 12.2. The van der Waals surface area contributed by atoms with E-state index in [-0.39, 0.29) is 5.91 Å². The highest BCUT2D eigenvalue weighted by Gasteiger charge is 2.18. The van der Waals surface area contributed by atoms with E-state index in [1.165, 1.54) is 23.1 Å². The average Bonchev–Trinajstić information content (AvgIpc) is 3.39. The maximum Gasteiger partial charge on any atom is 0.230 e. The molecule has 146 valence electrons. The van der Waals surface area contributed by atoms with Crippen molar-refractivity contribution in [1.82, 2.24) is 25.2 Å². The van der Waals surface area contributed by atoms with Gasteiger partial charge >= 0.3 is 0 Å². The molecule has 0 radical (unpaired) electrons. The SMILES string of the molecule is COc1cccc(-c2nnn(Cc3csc(N(C(C)=O)c4ccccc4)n3)n2)c1. The third-order valence-electron chi connectivity index (χ3n) is 4.14. The van der Waals surface area contributed by atoms with Crippen LogP contribution in [0.3, 0.4) is 0 Å². The molecule has 8 nitrogen and oxygen atoms in total. The average molecular weight is 406 g/mol. The van der Waals surface area contributed by atoms with E-state index >= 15 is 0 Å². The van der Waals surface area contributed by atoms with Gasteiger partial charge in [0, 0.05) is 17.9 Å². The third kappa shape index (κ3) is 4.14. The minimum absolute atomic E-state index is 0.101. The summed E-state index contributed by atoms with van der Waals surface area (Å²) in [7, 11) is 1.61. The van der Waals surface area contributed by atoms with Gasteiger partial charge in [0.05, 0.1) is 18.5 Å². The summed E-state index contributed by atoms with van der Waals surface area (Å²) in [5, 5.41) is 15.1. The smallest absolute Gasteiger partial charge is 0.230 e. The number of carbonyl (C=O) groups is 1. The molecule has 0 bridgehead atoms. The van der Waals surface area contributed by atoms with E-state index in [0.717, 1.165) is 22.7 Å². The van der Waals surface area contributed by atoms with Crippen LogP contribution in [-0.4, -0.2) is 38.2 Å². The van der Waals surface area contributed by atoms with Gasteiger partial charge in [0.25, 0.3) is 0 Å². The van der Waals surface area contributed by atoms with Crippen LogP contribution in [0.4, 0.5) is 10.8 Å². The van der Waals surface area contributed by atoms with Crippen molar-refractivity contribution in [2.24, 2.45) is 0 Å². The fraction of sp³-hybridized carbons (Fsp3) is 0.150. The van der Waals surface area contributed by atoms with Crippen LogP contribution >= 0.6 is 11.3 Å². The Morgan fingerprint density at radius 3 is 2.76 bits per heavy atom. The minimum Gasteiger partial charge on any atom is -0.497 e. The summed E-state index contributed by atoms with van der Waals surface area (Å²) in [4.78, 5) is 19.8. The zero-order valence-electron chi connectivity index (χ0n) is 15.9. The predicted octanol–water partition coefficient (Wildman–Crippen LogP) is 3.54. The van der Waals surface area contributed by atoms with Gasteiger partial charge in [-0.3, -0.25) is 9.69 Å². The molecule has 4 rings (SSSR count). The van der Waals surface area contributed by atoms with Crippen molar-refractivity contribution in [3.05, 3.63) is 65.7 Å². The molecule has 0 N–H and O–H groups in total. The molecule has 0 saturated heterocycles. The highest BCUT2D eigenvalue weighted by molar-refractivity contribution is 7.14. The van der Waals surface area contributed by atoms with Gasteiger partial charge in [0.2, 0.25) is 11.7 Å². The van der Waals surface area contributed by atoms with Gasteiger partial charge in [-0.25, -0.2) is 4.98 Å². The Bertz CT molecular complexity index is 1120. The Labute approximate surface area is 171 Å². The van der Waals surface area contributed by atoms with E-state index < -0.39 is 0 Å². The van der Waals surface area contributed by atoms with Gasteiger partial charge in [0.1, 0.15) is 12.3 Å². The number of para-hydroxylation sites is 1. The second-order valence-corrected chi connectivity index (χ2v) is 7.02. The number of hydrogen-bond acceptors (Lipinski definition) is 7. The minimum atomic E-state index is -0.101. The van der Waals surface area contributed by atoms with E-state index in [1.54, 1.807) is 12.0 Å². The highest BCUT2D eigenvalue weighted by Crippen LogP contribution is 2.29. The first-order valence-corrected chi connectivity index (χ1v) is 9.74. The molecule has 0 spiro atoms. The lowest BCUT2D eigenvalue weighted by atomic mass is 10.2. The molecule has 0 aliphatic carbocycles. The van der Waals surface area contributed by atoms with Gasteiger partial charge in [-0.05, 0) is 29.5 Å². The first kappa shape index (κ1) is 18.8. The van der Waals surface area contributed by atoms with Gasteiger partial charge < -0.3 is 4.74 Å². The number of tetrazole rings is 1. The molecule has 9 heteroatoms. The second kappa shape index (κ2) is 8.19. The van der Waals surface area contributed by atoms with Crippen molar-refractivity contribution in [1.29, 1.82) is 0 Å². The number of carbonyl (C=O) groups excluding carboxylic acids is 1. The van der Waals surface area contributed by atoms with E-state index in [4.69, 9.17) is 4.74 Å². The molecule has 1 amide bonds. The Morgan fingerprint density at radius 1 is 1.17 bits per heavy atom. The van der Waals surface area contributed by atoms with Crippen molar-refractivity contribution < 1.29 is 9.53 Å². The van der Waals surface area contributed by atoms with Crippen molar-refractivity contribution in [2.45, 2.75) is 13.5 Å². The maximum atomic E-state index is 12.2. The first-order valence-electron chi connectivity index (χ1n) is 8.86. The molecule has 0 fully saturated rings. The summed E-state index contributed by atoms with van der Waals surface area (Å²) >= 11 is 1.40. The Balaban J connectivity index is 1.54. The molecule has 2 heterocycles. The van der Waals surface area contributed by atoms with Crippen molar-refractivity contribution >= 4 is 28.1 Å². The van der Waals surface area contributed by atoms with Crippen LogP contribution in [0.1, 0.15) is 12.6 Å². The van der Waals surface area contributed by atoms with Crippen molar-refractivity contribution in [3.63, 3.8) is 0 Å². The molecule has 0 unspecified atom stereocenters. The topological polar surface area (TPSA) is 86.0 Å². The quantitative estimate of drug-likeness (QED) is 0.487. The standard InChI is InChI=1S/C20H18N6O2S/c1-14(27)26(17-8-4-3-5-9-17)20-21-16(13-29-20)12-25-23-19(22-24-25)15-7-6-10-18(11-15)28-2/h3-11,13H,12H2,1-2H3. The second-order valence-electron chi connectivity index (χ2n) is 6.19. The number of rotatable bonds is 6. The highest BCUT2D eigenvalue weighted by atomic mass is 32.1. The van der Waals surface area contributed by atoms with Crippen molar-refractivity contribution in [2.75, 3.05) is 12.0 Å². The molecular weight excluding hydrogens is 388 g/mol. The number of methoxy groups -OCH3 is 1. The fourth-order valence-corrected chi connectivity index (χ4v) is 3.69. The molecule has 2 aromatic heterocycles. The Morgan fingerprint density at radius 2 is 2.00 bits per heavy atom. The summed E-state index contributed by atoms with van der Waals surface area (Å²) in [6.07, 6.45) is 0. The van der Waals surface area contributed by atoms with Crippen LogP contribution in [-0.2, 0) is 11.3 Å². The first-order chi connectivity index (χ1) is 14.1. The normalized spacial score (nSPS) is 10.7. The lowest BCUT2D eigenvalue weighted by Gasteiger charge is -2.17. The van der Waals surface area contributed by atoms with E-state index in [9.17, 15) is 4.79 Å². The monoisotopic (exact) mass is 406 g/mol. The number of aromatic nitrogens is 5. The molecule has 4 aromatic rings. The number of benzene rings is 2. The lowest BCUT2D eigenvalue weighted by molar-refractivity contribution is -0.115. The predicted molar refractivity (Wildman–Crippen MR) is 110 cm³/mol. The molecular formula is C20H18N6O2S. The number of thiazole rings is 1. The number of ether oxygens (including phenoxy) is 1. The van der Waals surface area contributed by atoms with E-state index in [1.807, 2.05) is 60.0 Å². The molecule has 29 heavy (non-hydrogen) atoms. The van der Waals surface area contributed by atoms with Gasteiger partial charge in [-0.2, -0.15) is 4.80 Å². The largest absolute Gasteiger partial charge is 0.497 e. The number of hydrogen-bond donors (Lipinski definition) is 0. The summed E-state index contributed by atoms with van der Waals surface area (Å²) in [5.41, 5.74) is 2.35. The summed E-state index contributed by atoms with van der Waals surface area (Å²) in [6, 6.07) is 16.9. The Hall–Kier alpha value is -3.59. The number of amides is 1. The van der Waals surface area contributed by atoms with E-state index in [0.29, 0.717) is 17.5 Å². The van der Waals surface area contributed by atoms with Gasteiger partial charge in [0.15, 0.2) is 5.13 Å². The van der Waals surface area contributed by atoms with Crippen LogP contribution in [0.15, 0.2) is 60.0 Å². The van der Waals surface area contributed by atoms with Crippen LogP contribution < -0.4 is 9.64 Å². The molecule has 0 aliphatic rings.